The lowest BCUT2D eigenvalue weighted by Gasteiger charge is -2.38. The highest BCUT2D eigenvalue weighted by molar-refractivity contribution is 5.87. The summed E-state index contributed by atoms with van der Waals surface area (Å²) in [5, 5.41) is 3.09. The van der Waals surface area contributed by atoms with Crippen LogP contribution < -0.4 is 5.32 Å². The monoisotopic (exact) mass is 487 g/mol. The quantitative estimate of drug-likeness (QED) is 0.203. The molecule has 3 aliphatic rings. The number of nitrogens with one attached hydrogen (secondary N) is 1. The van der Waals surface area contributed by atoms with Crippen molar-refractivity contribution in [2.24, 2.45) is 11.8 Å². The molecule has 1 aliphatic carbocycles. The third kappa shape index (κ3) is 9.23. The molecule has 2 saturated heterocycles. The van der Waals surface area contributed by atoms with Crippen molar-refractivity contribution in [2.45, 2.75) is 116 Å². The summed E-state index contributed by atoms with van der Waals surface area (Å²) >= 11 is 0. The lowest BCUT2D eigenvalue weighted by molar-refractivity contribution is -0.150. The first-order valence-corrected chi connectivity index (χ1v) is 13.3. The van der Waals surface area contributed by atoms with E-state index in [1.165, 1.54) is 11.6 Å². The zero-order valence-corrected chi connectivity index (χ0v) is 22.5. The number of hydrogen-bond donors (Lipinski definition) is 1. The second-order valence-corrected chi connectivity index (χ2v) is 11.7. The second kappa shape index (κ2) is 11.9. The van der Waals surface area contributed by atoms with E-state index in [9.17, 15) is 9.59 Å². The Morgan fingerprint density at radius 1 is 1.11 bits per heavy atom. The molecule has 0 aromatic carbocycles. The number of rotatable bonds is 9. The number of carbonyl (C=O) groups excluding carboxylic acids is 2. The van der Waals surface area contributed by atoms with Gasteiger partial charge < -0.3 is 19.5 Å². The Balaban J connectivity index is 1.35. The zero-order valence-electron chi connectivity index (χ0n) is 22.5. The highest BCUT2D eigenvalue weighted by Crippen LogP contribution is 2.46. The van der Waals surface area contributed by atoms with Crippen LogP contribution in [0.5, 0.6) is 0 Å². The van der Waals surface area contributed by atoms with E-state index in [0.29, 0.717) is 5.92 Å². The van der Waals surface area contributed by atoms with Crippen LogP contribution in [-0.4, -0.2) is 47.9 Å². The van der Waals surface area contributed by atoms with Gasteiger partial charge >= 0.3 is 5.97 Å². The molecule has 1 N–H and O–H groups in total. The normalized spacial score (nSPS) is 31.7. The summed E-state index contributed by atoms with van der Waals surface area (Å²) in [5.74, 6) is 0.111. The van der Waals surface area contributed by atoms with Gasteiger partial charge in [0, 0.05) is 25.0 Å². The number of allylic oxidation sites excluding steroid dienone is 3. The van der Waals surface area contributed by atoms with Gasteiger partial charge in [0.05, 0.1) is 29.8 Å². The maximum atomic E-state index is 12.2. The number of ether oxygens (including phenoxy) is 3. The van der Waals surface area contributed by atoms with Gasteiger partial charge in [0.2, 0.25) is 5.91 Å². The zero-order chi connectivity index (χ0) is 25.6. The van der Waals surface area contributed by atoms with Crippen molar-refractivity contribution in [1.82, 2.24) is 5.32 Å². The molecule has 0 radical (unpaired) electrons. The smallest absolute Gasteiger partial charge is 0.308 e. The van der Waals surface area contributed by atoms with Crippen LogP contribution in [-0.2, 0) is 23.8 Å². The Morgan fingerprint density at radius 2 is 1.80 bits per heavy atom. The first-order valence-electron chi connectivity index (χ1n) is 13.3. The molecule has 1 amide bonds. The highest BCUT2D eigenvalue weighted by atomic mass is 16.6. The average Bonchev–Trinajstić information content (AvgIpc) is 3.51. The van der Waals surface area contributed by atoms with Crippen LogP contribution >= 0.6 is 0 Å². The van der Waals surface area contributed by atoms with Gasteiger partial charge in [-0.25, -0.2) is 0 Å². The fourth-order valence-corrected chi connectivity index (χ4v) is 5.19. The fourth-order valence-electron chi connectivity index (χ4n) is 5.19. The average molecular weight is 488 g/mol. The van der Waals surface area contributed by atoms with E-state index in [4.69, 9.17) is 14.2 Å². The minimum absolute atomic E-state index is 0.0526. The fraction of sp³-hybridized carbons (Fsp3) is 0.724. The third-order valence-corrected chi connectivity index (χ3v) is 7.18. The van der Waals surface area contributed by atoms with Gasteiger partial charge in [-0.1, -0.05) is 37.6 Å². The second-order valence-electron chi connectivity index (χ2n) is 11.7. The molecule has 3 fully saturated rings. The Bertz CT molecular complexity index is 822. The Hall–Kier alpha value is -1.92. The molecule has 3 atom stereocenters. The summed E-state index contributed by atoms with van der Waals surface area (Å²) in [6.45, 7) is 12.7. The first kappa shape index (κ1) is 27.7. The van der Waals surface area contributed by atoms with Gasteiger partial charge in [-0.3, -0.25) is 9.59 Å². The minimum Gasteiger partial charge on any atom is -0.458 e. The van der Waals surface area contributed by atoms with Crippen LogP contribution in [0.4, 0.5) is 0 Å². The largest absolute Gasteiger partial charge is 0.458 e. The Morgan fingerprint density at radius 3 is 2.43 bits per heavy atom. The van der Waals surface area contributed by atoms with Crippen LogP contribution in [0.15, 0.2) is 36.0 Å². The molecule has 0 aromatic rings. The van der Waals surface area contributed by atoms with E-state index in [1.54, 1.807) is 26.8 Å². The summed E-state index contributed by atoms with van der Waals surface area (Å²) in [5.41, 5.74) is 1.19. The number of epoxide rings is 1. The Kier molecular flexibility index (Phi) is 9.39. The van der Waals surface area contributed by atoms with Crippen molar-refractivity contribution in [1.29, 1.82) is 0 Å². The van der Waals surface area contributed by atoms with Gasteiger partial charge in [0.25, 0.3) is 0 Å². The van der Waals surface area contributed by atoms with E-state index in [0.717, 1.165) is 51.6 Å². The molecule has 6 nitrogen and oxygen atoms in total. The summed E-state index contributed by atoms with van der Waals surface area (Å²) in [7, 11) is 0. The predicted octanol–water partition coefficient (Wildman–Crippen LogP) is 5.42. The van der Waals surface area contributed by atoms with E-state index < -0.39 is 6.10 Å². The lowest BCUT2D eigenvalue weighted by atomic mass is 9.83. The minimum atomic E-state index is -0.408. The van der Waals surface area contributed by atoms with E-state index in [-0.39, 0.29) is 41.1 Å². The van der Waals surface area contributed by atoms with Crippen molar-refractivity contribution in [3.63, 3.8) is 0 Å². The summed E-state index contributed by atoms with van der Waals surface area (Å²) in [6, 6.07) is 0.214. The maximum Gasteiger partial charge on any atom is 0.308 e. The highest BCUT2D eigenvalue weighted by Gasteiger charge is 2.53. The molecule has 196 valence electrons. The molecule has 1 saturated carbocycles. The van der Waals surface area contributed by atoms with E-state index in [2.05, 4.69) is 44.3 Å². The lowest BCUT2D eigenvalue weighted by Crippen LogP contribution is -2.43. The van der Waals surface area contributed by atoms with Crippen LogP contribution in [0, 0.1) is 11.8 Å². The van der Waals surface area contributed by atoms with Crippen molar-refractivity contribution >= 4 is 11.9 Å². The number of esters is 1. The van der Waals surface area contributed by atoms with Gasteiger partial charge in [-0.2, -0.15) is 0 Å². The van der Waals surface area contributed by atoms with Crippen molar-refractivity contribution in [3.8, 4) is 0 Å². The number of amides is 1. The molecule has 35 heavy (non-hydrogen) atoms. The van der Waals surface area contributed by atoms with Crippen LogP contribution in [0.3, 0.4) is 0 Å². The topological polar surface area (TPSA) is 77.2 Å². The summed E-state index contributed by atoms with van der Waals surface area (Å²) in [6.07, 6.45) is 16.8. The summed E-state index contributed by atoms with van der Waals surface area (Å²) < 4.78 is 17.2. The standard InChI is InChI=1S/C29H45NO5/c1-20(2)27(32)34-22(4)9-16-26(31)30-24-13-11-23(12-14-24)10-7-21(3)8-15-25-17-29(19-33-29)18-28(5,6)35-25/h7-9,15-16,20,22-25H,10-14,17-19H2,1-6H3,(H,30,31)/b15-8+,16-9-,21-7+/t22-,23-,24-,25+,29+/m0/s1. The molecular weight excluding hydrogens is 442 g/mol. The van der Waals surface area contributed by atoms with Gasteiger partial charge in [0.15, 0.2) is 0 Å². The molecule has 3 rings (SSSR count). The maximum absolute atomic E-state index is 12.2. The SMILES string of the molecule is CC(/C=C/[C@@H]1C[C@]2(CO2)CC(C)(C)O1)=C\C[C@H]1CC[C@H](NC(=O)/C=C\[C@H](C)OC(=O)C(C)C)CC1. The van der Waals surface area contributed by atoms with E-state index in [1.807, 2.05) is 0 Å². The molecule has 0 bridgehead atoms. The van der Waals surface area contributed by atoms with Gasteiger partial charge in [-0.05, 0) is 71.8 Å². The third-order valence-electron chi connectivity index (χ3n) is 7.18. The van der Waals surface area contributed by atoms with Crippen LogP contribution in [0.2, 0.25) is 0 Å². The van der Waals surface area contributed by atoms with Crippen molar-refractivity contribution < 1.29 is 23.8 Å². The van der Waals surface area contributed by atoms with Crippen molar-refractivity contribution in [3.05, 3.63) is 36.0 Å². The Labute approximate surface area is 211 Å². The molecular formula is C29H45NO5. The predicted molar refractivity (Wildman–Crippen MR) is 138 cm³/mol. The number of carbonyl (C=O) groups is 2. The molecule has 2 aliphatic heterocycles. The van der Waals surface area contributed by atoms with Crippen molar-refractivity contribution in [2.75, 3.05) is 6.61 Å². The molecule has 0 unspecified atom stereocenters. The molecule has 0 aromatic heterocycles. The van der Waals surface area contributed by atoms with E-state index >= 15 is 0 Å². The molecule has 1 spiro atoms. The molecule has 2 heterocycles. The van der Waals surface area contributed by atoms with Gasteiger partial charge in [-0.15, -0.1) is 0 Å². The summed E-state index contributed by atoms with van der Waals surface area (Å²) in [4.78, 5) is 23.9. The molecule has 6 heteroatoms. The first-order chi connectivity index (χ1) is 16.5. The number of hydrogen-bond acceptors (Lipinski definition) is 5. The van der Waals surface area contributed by atoms with Gasteiger partial charge in [0.1, 0.15) is 6.10 Å². The van der Waals surface area contributed by atoms with Crippen LogP contribution in [0.25, 0.3) is 0 Å². The van der Waals surface area contributed by atoms with Crippen LogP contribution in [0.1, 0.15) is 86.5 Å².